The number of aromatic nitrogens is 2. The minimum absolute atomic E-state index is 0.0524. The lowest BCUT2D eigenvalue weighted by atomic mass is 9.93. The van der Waals surface area contributed by atoms with E-state index in [1.807, 2.05) is 0 Å². The van der Waals surface area contributed by atoms with E-state index in [2.05, 4.69) is 5.10 Å². The fourth-order valence-electron chi connectivity index (χ4n) is 2.54. The summed E-state index contributed by atoms with van der Waals surface area (Å²) in [4.78, 5) is 0.256. The van der Waals surface area contributed by atoms with Gasteiger partial charge in [0, 0.05) is 33.4 Å². The molecule has 1 fully saturated rings. The second-order valence-electron chi connectivity index (χ2n) is 5.04. The molecule has 0 aromatic carbocycles. The highest BCUT2D eigenvalue weighted by Crippen LogP contribution is 2.27. The standard InChI is InChI=1S/C12H21N3O3S/c1-14-9-12(8-13-14)19(16,17)15(2)10-4-6-11(18-3)7-5-10/h8-11H,4-7H2,1-3H3. The molecule has 0 amide bonds. The van der Waals surface area contributed by atoms with Gasteiger partial charge in [0.15, 0.2) is 0 Å². The molecule has 2 rings (SSSR count). The molecule has 0 spiro atoms. The minimum atomic E-state index is -3.43. The lowest BCUT2D eigenvalue weighted by Gasteiger charge is -2.33. The van der Waals surface area contributed by atoms with Crippen LogP contribution in [0.5, 0.6) is 0 Å². The number of aryl methyl sites for hydroxylation is 1. The van der Waals surface area contributed by atoms with E-state index < -0.39 is 10.0 Å². The third-order valence-corrected chi connectivity index (χ3v) is 5.71. The van der Waals surface area contributed by atoms with Crippen LogP contribution in [0.25, 0.3) is 0 Å². The molecule has 1 aliphatic rings. The summed E-state index contributed by atoms with van der Waals surface area (Å²) in [5, 5.41) is 3.93. The summed E-state index contributed by atoms with van der Waals surface area (Å²) in [7, 11) is 1.64. The van der Waals surface area contributed by atoms with Crippen LogP contribution in [-0.2, 0) is 21.8 Å². The zero-order chi connectivity index (χ0) is 14.0. The molecule has 1 aromatic rings. The van der Waals surface area contributed by atoms with Gasteiger partial charge in [0.05, 0.1) is 12.3 Å². The highest BCUT2D eigenvalue weighted by Gasteiger charge is 2.32. The molecule has 0 radical (unpaired) electrons. The maximum Gasteiger partial charge on any atom is 0.246 e. The van der Waals surface area contributed by atoms with Gasteiger partial charge in [0.25, 0.3) is 0 Å². The van der Waals surface area contributed by atoms with Crippen LogP contribution in [-0.4, -0.2) is 48.8 Å². The van der Waals surface area contributed by atoms with E-state index in [4.69, 9.17) is 4.74 Å². The highest BCUT2D eigenvalue weighted by atomic mass is 32.2. The normalized spacial score (nSPS) is 24.8. The predicted molar refractivity (Wildman–Crippen MR) is 71.2 cm³/mol. The van der Waals surface area contributed by atoms with E-state index >= 15 is 0 Å². The van der Waals surface area contributed by atoms with Crippen LogP contribution in [0, 0.1) is 0 Å². The number of hydrogen-bond donors (Lipinski definition) is 0. The fraction of sp³-hybridized carbons (Fsp3) is 0.750. The Morgan fingerprint density at radius 2 is 2.00 bits per heavy atom. The van der Waals surface area contributed by atoms with Crippen molar-refractivity contribution in [3.8, 4) is 0 Å². The number of hydrogen-bond acceptors (Lipinski definition) is 4. The first-order valence-corrected chi connectivity index (χ1v) is 7.88. The summed E-state index contributed by atoms with van der Waals surface area (Å²) in [6.45, 7) is 0. The smallest absolute Gasteiger partial charge is 0.246 e. The molecule has 108 valence electrons. The van der Waals surface area contributed by atoms with Crippen molar-refractivity contribution in [3.05, 3.63) is 12.4 Å². The van der Waals surface area contributed by atoms with Crippen molar-refractivity contribution in [1.82, 2.24) is 14.1 Å². The number of methoxy groups -OCH3 is 1. The zero-order valence-corrected chi connectivity index (χ0v) is 12.4. The summed E-state index contributed by atoms with van der Waals surface area (Å²) >= 11 is 0. The molecule has 0 atom stereocenters. The van der Waals surface area contributed by atoms with Crippen LogP contribution in [0.1, 0.15) is 25.7 Å². The van der Waals surface area contributed by atoms with Gasteiger partial charge in [-0.1, -0.05) is 0 Å². The van der Waals surface area contributed by atoms with E-state index in [0.29, 0.717) is 0 Å². The Balaban J connectivity index is 2.09. The van der Waals surface area contributed by atoms with Crippen LogP contribution >= 0.6 is 0 Å². The first kappa shape index (κ1) is 14.5. The monoisotopic (exact) mass is 287 g/mol. The van der Waals surface area contributed by atoms with Crippen LogP contribution in [0.3, 0.4) is 0 Å². The van der Waals surface area contributed by atoms with Crippen LogP contribution in [0.2, 0.25) is 0 Å². The molecule has 0 N–H and O–H groups in total. The summed E-state index contributed by atoms with van der Waals surface area (Å²) in [5.41, 5.74) is 0. The summed E-state index contributed by atoms with van der Waals surface area (Å²) in [6, 6.07) is 0.0524. The molecule has 0 aliphatic heterocycles. The minimum Gasteiger partial charge on any atom is -0.381 e. The molecule has 7 heteroatoms. The van der Waals surface area contributed by atoms with Crippen molar-refractivity contribution in [2.75, 3.05) is 14.2 Å². The van der Waals surface area contributed by atoms with E-state index in [-0.39, 0.29) is 17.0 Å². The second-order valence-corrected chi connectivity index (χ2v) is 7.03. The Morgan fingerprint density at radius 1 is 1.37 bits per heavy atom. The van der Waals surface area contributed by atoms with Crippen molar-refractivity contribution in [2.45, 2.75) is 42.7 Å². The zero-order valence-electron chi connectivity index (χ0n) is 11.6. The summed E-state index contributed by atoms with van der Waals surface area (Å²) in [5.74, 6) is 0. The quantitative estimate of drug-likeness (QED) is 0.828. The van der Waals surface area contributed by atoms with Gasteiger partial charge in [-0.2, -0.15) is 9.40 Å². The Morgan fingerprint density at radius 3 is 2.47 bits per heavy atom. The number of ether oxygens (including phenoxy) is 1. The Kier molecular flexibility index (Phi) is 4.27. The molecule has 0 saturated heterocycles. The maximum atomic E-state index is 12.4. The molecular formula is C12H21N3O3S. The van der Waals surface area contributed by atoms with Crippen molar-refractivity contribution >= 4 is 10.0 Å². The molecule has 6 nitrogen and oxygen atoms in total. The van der Waals surface area contributed by atoms with Gasteiger partial charge in [-0.05, 0) is 25.7 Å². The molecule has 1 heterocycles. The molecule has 1 saturated carbocycles. The number of nitrogens with zero attached hydrogens (tertiary/aromatic N) is 3. The van der Waals surface area contributed by atoms with Gasteiger partial charge in [-0.3, -0.25) is 4.68 Å². The lowest BCUT2D eigenvalue weighted by molar-refractivity contribution is 0.0553. The van der Waals surface area contributed by atoms with E-state index in [9.17, 15) is 8.42 Å². The van der Waals surface area contributed by atoms with Crippen LogP contribution in [0.15, 0.2) is 17.3 Å². The summed E-state index contributed by atoms with van der Waals surface area (Å²) in [6.07, 6.45) is 6.70. The van der Waals surface area contributed by atoms with E-state index in [1.54, 1.807) is 21.2 Å². The third-order valence-electron chi connectivity index (χ3n) is 3.85. The van der Waals surface area contributed by atoms with Gasteiger partial charge >= 0.3 is 0 Å². The first-order chi connectivity index (χ1) is 8.95. The van der Waals surface area contributed by atoms with Gasteiger partial charge in [-0.25, -0.2) is 8.42 Å². The maximum absolute atomic E-state index is 12.4. The third kappa shape index (κ3) is 2.98. The van der Waals surface area contributed by atoms with Crippen molar-refractivity contribution in [2.24, 2.45) is 7.05 Å². The topological polar surface area (TPSA) is 64.4 Å². The average molecular weight is 287 g/mol. The van der Waals surface area contributed by atoms with Gasteiger partial charge < -0.3 is 4.74 Å². The largest absolute Gasteiger partial charge is 0.381 e. The molecule has 1 aromatic heterocycles. The molecule has 0 unspecified atom stereocenters. The van der Waals surface area contributed by atoms with E-state index in [1.165, 1.54) is 21.4 Å². The fourth-order valence-corrected chi connectivity index (χ4v) is 3.94. The van der Waals surface area contributed by atoms with Crippen molar-refractivity contribution < 1.29 is 13.2 Å². The lowest BCUT2D eigenvalue weighted by Crippen LogP contribution is -2.40. The Bertz CT molecular complexity index is 518. The van der Waals surface area contributed by atoms with Crippen LogP contribution < -0.4 is 0 Å². The molecule has 1 aliphatic carbocycles. The van der Waals surface area contributed by atoms with Gasteiger partial charge in [0.1, 0.15) is 4.90 Å². The Hall–Kier alpha value is -0.920. The average Bonchev–Trinajstić information content (AvgIpc) is 2.85. The molecular weight excluding hydrogens is 266 g/mol. The van der Waals surface area contributed by atoms with Crippen LogP contribution in [0.4, 0.5) is 0 Å². The SMILES string of the molecule is COC1CCC(N(C)S(=O)(=O)c2cnn(C)c2)CC1. The van der Waals surface area contributed by atoms with Crippen molar-refractivity contribution in [1.29, 1.82) is 0 Å². The predicted octanol–water partition coefficient (Wildman–Crippen LogP) is 0.998. The molecule has 19 heavy (non-hydrogen) atoms. The first-order valence-electron chi connectivity index (χ1n) is 6.44. The number of rotatable bonds is 4. The molecule has 0 bridgehead atoms. The number of sulfonamides is 1. The van der Waals surface area contributed by atoms with Gasteiger partial charge in [0.2, 0.25) is 10.0 Å². The summed E-state index contributed by atoms with van der Waals surface area (Å²) < 4.78 is 33.2. The van der Waals surface area contributed by atoms with Crippen molar-refractivity contribution in [3.63, 3.8) is 0 Å². The highest BCUT2D eigenvalue weighted by molar-refractivity contribution is 7.89. The van der Waals surface area contributed by atoms with E-state index in [0.717, 1.165) is 25.7 Å². The van der Waals surface area contributed by atoms with Gasteiger partial charge in [-0.15, -0.1) is 0 Å². The second kappa shape index (κ2) is 5.60. The Labute approximate surface area is 114 Å².